The number of pyridine rings is 1. The molecule has 0 saturated carbocycles. The van der Waals surface area contributed by atoms with E-state index < -0.39 is 0 Å². The van der Waals surface area contributed by atoms with E-state index in [1.54, 1.807) is 25.3 Å². The van der Waals surface area contributed by atoms with Gasteiger partial charge in [-0.25, -0.2) is 4.98 Å². The van der Waals surface area contributed by atoms with Gasteiger partial charge in [-0.3, -0.25) is 10.6 Å². The van der Waals surface area contributed by atoms with Crippen LogP contribution in [-0.4, -0.2) is 18.0 Å². The number of carbonyl (C=O) groups is 1. The van der Waals surface area contributed by atoms with Crippen LogP contribution in [0.5, 0.6) is 5.75 Å². The van der Waals surface area contributed by atoms with Gasteiger partial charge in [0.05, 0.1) is 24.7 Å². The summed E-state index contributed by atoms with van der Waals surface area (Å²) in [4.78, 5) is 16.1. The predicted octanol–water partition coefficient (Wildman–Crippen LogP) is 1.94. The second-order valence-electron chi connectivity index (χ2n) is 4.23. The topological polar surface area (TPSA) is 89.3 Å². The van der Waals surface area contributed by atoms with Crippen LogP contribution in [-0.2, 0) is 0 Å². The van der Waals surface area contributed by atoms with Crippen LogP contribution in [0.4, 0.5) is 11.4 Å². The molecule has 0 aliphatic heterocycles. The van der Waals surface area contributed by atoms with Crippen LogP contribution in [0.15, 0.2) is 36.5 Å². The molecule has 1 heterocycles. The second kappa shape index (κ2) is 6.03. The highest BCUT2D eigenvalue weighted by Gasteiger charge is 2.11. The lowest BCUT2D eigenvalue weighted by atomic mass is 10.2. The van der Waals surface area contributed by atoms with Gasteiger partial charge in [0.15, 0.2) is 0 Å². The minimum Gasteiger partial charge on any atom is -0.495 e. The number of amides is 1. The summed E-state index contributed by atoms with van der Waals surface area (Å²) in [5.41, 5.74) is 5.02. The maximum absolute atomic E-state index is 12.1. The molecule has 6 nitrogen and oxygen atoms in total. The van der Waals surface area contributed by atoms with Crippen molar-refractivity contribution in [2.45, 2.75) is 6.92 Å². The predicted molar refractivity (Wildman–Crippen MR) is 77.7 cm³/mol. The number of anilines is 2. The summed E-state index contributed by atoms with van der Waals surface area (Å²) in [6, 6.07) is 8.82. The number of rotatable bonds is 4. The fraction of sp³-hybridized carbons (Fsp3) is 0.143. The van der Waals surface area contributed by atoms with Gasteiger partial charge < -0.3 is 15.5 Å². The summed E-state index contributed by atoms with van der Waals surface area (Å²) in [5, 5.41) is 2.78. The lowest BCUT2D eigenvalue weighted by Crippen LogP contribution is -2.15. The molecule has 1 amide bonds. The first-order chi connectivity index (χ1) is 9.63. The fourth-order valence-corrected chi connectivity index (χ4v) is 1.72. The molecule has 6 heteroatoms. The van der Waals surface area contributed by atoms with Crippen LogP contribution in [0.25, 0.3) is 0 Å². The summed E-state index contributed by atoms with van der Waals surface area (Å²) < 4.78 is 5.21. The Kier molecular flexibility index (Phi) is 4.17. The third-order valence-corrected chi connectivity index (χ3v) is 2.77. The van der Waals surface area contributed by atoms with E-state index in [-0.39, 0.29) is 5.91 Å². The molecule has 0 saturated heterocycles. The maximum Gasteiger partial charge on any atom is 0.274 e. The monoisotopic (exact) mass is 272 g/mol. The molecule has 4 N–H and O–H groups in total. The molecule has 104 valence electrons. The number of methoxy groups -OCH3 is 1. The highest BCUT2D eigenvalue weighted by Crippen LogP contribution is 2.25. The number of nitrogens with one attached hydrogen (secondary N) is 2. The van der Waals surface area contributed by atoms with Gasteiger partial charge in [0.1, 0.15) is 11.4 Å². The Morgan fingerprint density at radius 3 is 2.70 bits per heavy atom. The first-order valence-corrected chi connectivity index (χ1v) is 6.02. The van der Waals surface area contributed by atoms with Crippen molar-refractivity contribution in [2.75, 3.05) is 17.9 Å². The molecule has 2 rings (SSSR count). The molecule has 1 aromatic heterocycles. The van der Waals surface area contributed by atoms with E-state index in [1.165, 1.54) is 6.20 Å². The van der Waals surface area contributed by atoms with Crippen LogP contribution in [0.1, 0.15) is 16.1 Å². The molecule has 0 unspecified atom stereocenters. The molecule has 0 aliphatic rings. The summed E-state index contributed by atoms with van der Waals surface area (Å²) in [6.07, 6.45) is 1.49. The largest absolute Gasteiger partial charge is 0.495 e. The molecular weight excluding hydrogens is 256 g/mol. The summed E-state index contributed by atoms with van der Waals surface area (Å²) in [6.45, 7) is 1.94. The molecule has 0 radical (unpaired) electrons. The zero-order valence-electron chi connectivity index (χ0n) is 11.3. The molecule has 0 bridgehead atoms. The Labute approximate surface area is 116 Å². The maximum atomic E-state index is 12.1. The Morgan fingerprint density at radius 1 is 1.30 bits per heavy atom. The number of hydrazine groups is 1. The number of hydrogen-bond acceptors (Lipinski definition) is 5. The zero-order chi connectivity index (χ0) is 14.5. The zero-order valence-corrected chi connectivity index (χ0v) is 11.3. The molecule has 2 aromatic rings. The highest BCUT2D eigenvalue weighted by atomic mass is 16.5. The number of benzene rings is 1. The number of hydrogen-bond donors (Lipinski definition) is 3. The normalized spacial score (nSPS) is 9.95. The minimum atomic E-state index is -0.308. The van der Waals surface area contributed by atoms with Crippen LogP contribution >= 0.6 is 0 Å². The van der Waals surface area contributed by atoms with Gasteiger partial charge in [0, 0.05) is 0 Å². The molecule has 0 spiro atoms. The second-order valence-corrected chi connectivity index (χ2v) is 4.23. The summed E-state index contributed by atoms with van der Waals surface area (Å²) in [5.74, 6) is 5.54. The molecule has 20 heavy (non-hydrogen) atoms. The van der Waals surface area contributed by atoms with Crippen LogP contribution in [0.2, 0.25) is 0 Å². The average Bonchev–Trinajstić information content (AvgIpc) is 2.47. The van der Waals surface area contributed by atoms with Gasteiger partial charge in [-0.2, -0.15) is 0 Å². The molecular formula is C14H16N4O2. The van der Waals surface area contributed by atoms with E-state index in [0.29, 0.717) is 22.8 Å². The van der Waals surface area contributed by atoms with Gasteiger partial charge >= 0.3 is 0 Å². The van der Waals surface area contributed by atoms with Crippen molar-refractivity contribution in [1.82, 2.24) is 4.98 Å². The lowest BCUT2D eigenvalue weighted by Gasteiger charge is -2.10. The Balaban J connectivity index is 2.20. The SMILES string of the molecule is COc1ccc(C)cc1NC(=O)c1ccc(NN)cn1. The standard InChI is InChI=1S/C14H16N4O2/c1-9-3-6-13(20-2)12(7-9)17-14(19)11-5-4-10(18-15)8-16-11/h3-8,18H,15H2,1-2H3,(H,17,19). The quantitative estimate of drug-likeness (QED) is 0.584. The molecule has 0 fully saturated rings. The number of carbonyl (C=O) groups excluding carboxylic acids is 1. The van der Waals surface area contributed by atoms with Crippen molar-refractivity contribution in [3.8, 4) is 5.75 Å². The van der Waals surface area contributed by atoms with E-state index in [4.69, 9.17) is 10.6 Å². The van der Waals surface area contributed by atoms with E-state index in [1.807, 2.05) is 19.1 Å². The summed E-state index contributed by atoms with van der Waals surface area (Å²) >= 11 is 0. The smallest absolute Gasteiger partial charge is 0.274 e. The van der Waals surface area contributed by atoms with Crippen molar-refractivity contribution in [3.05, 3.63) is 47.8 Å². The molecule has 0 aliphatic carbocycles. The van der Waals surface area contributed by atoms with Gasteiger partial charge in [0.2, 0.25) is 0 Å². The van der Waals surface area contributed by atoms with Gasteiger partial charge in [-0.1, -0.05) is 6.07 Å². The van der Waals surface area contributed by atoms with Crippen molar-refractivity contribution in [3.63, 3.8) is 0 Å². The van der Waals surface area contributed by atoms with Crippen molar-refractivity contribution < 1.29 is 9.53 Å². The Bertz CT molecular complexity index is 611. The van der Waals surface area contributed by atoms with E-state index >= 15 is 0 Å². The van der Waals surface area contributed by atoms with Gasteiger partial charge in [-0.15, -0.1) is 0 Å². The van der Waals surface area contributed by atoms with E-state index in [0.717, 1.165) is 5.56 Å². The number of nitrogens with zero attached hydrogens (tertiary/aromatic N) is 1. The van der Waals surface area contributed by atoms with E-state index in [9.17, 15) is 4.79 Å². The Morgan fingerprint density at radius 2 is 2.10 bits per heavy atom. The van der Waals surface area contributed by atoms with E-state index in [2.05, 4.69) is 15.7 Å². The summed E-state index contributed by atoms with van der Waals surface area (Å²) in [7, 11) is 1.56. The third kappa shape index (κ3) is 3.04. The highest BCUT2D eigenvalue weighted by molar-refractivity contribution is 6.03. The number of nitrogens with two attached hydrogens (primary N) is 1. The Hall–Kier alpha value is -2.60. The number of aryl methyl sites for hydroxylation is 1. The number of aromatic nitrogens is 1. The average molecular weight is 272 g/mol. The van der Waals surface area contributed by atoms with Gasteiger partial charge in [-0.05, 0) is 36.8 Å². The minimum absolute atomic E-state index is 0.299. The van der Waals surface area contributed by atoms with Crippen molar-refractivity contribution in [1.29, 1.82) is 0 Å². The lowest BCUT2D eigenvalue weighted by molar-refractivity contribution is 0.102. The number of nitrogen functional groups attached to an aromatic ring is 1. The first-order valence-electron chi connectivity index (χ1n) is 6.02. The fourth-order valence-electron chi connectivity index (χ4n) is 1.72. The first kappa shape index (κ1) is 13.8. The third-order valence-electron chi connectivity index (χ3n) is 2.77. The number of ether oxygens (including phenoxy) is 1. The molecule has 0 atom stereocenters. The van der Waals surface area contributed by atoms with Gasteiger partial charge in [0.25, 0.3) is 5.91 Å². The van der Waals surface area contributed by atoms with Crippen LogP contribution in [0, 0.1) is 6.92 Å². The van der Waals surface area contributed by atoms with Crippen molar-refractivity contribution in [2.24, 2.45) is 5.84 Å². The van der Waals surface area contributed by atoms with Crippen molar-refractivity contribution >= 4 is 17.3 Å². The van der Waals surface area contributed by atoms with Crippen LogP contribution < -0.4 is 21.3 Å². The molecule has 1 aromatic carbocycles. The van der Waals surface area contributed by atoms with Crippen LogP contribution in [0.3, 0.4) is 0 Å².